The fraction of sp³-hybridized carbons (Fsp3) is 0.350. The van der Waals surface area contributed by atoms with Crippen LogP contribution in [0.15, 0.2) is 35.8 Å². The molecule has 29 heavy (non-hydrogen) atoms. The van der Waals surface area contributed by atoms with E-state index in [1.165, 1.54) is 7.11 Å². The molecular weight excluding hydrogens is 396 g/mol. The van der Waals surface area contributed by atoms with E-state index in [1.807, 2.05) is 0 Å². The summed E-state index contributed by atoms with van der Waals surface area (Å²) in [6.45, 7) is 5.53. The van der Waals surface area contributed by atoms with Crippen LogP contribution in [0.1, 0.15) is 5.56 Å². The monoisotopic (exact) mass is 418 g/mol. The lowest BCUT2D eigenvalue weighted by Gasteiger charge is -2.28. The van der Waals surface area contributed by atoms with Gasteiger partial charge in [0.05, 0.1) is 25.2 Å². The maximum atomic E-state index is 12.7. The number of thioether (sulfide) groups is 1. The van der Waals surface area contributed by atoms with Gasteiger partial charge in [-0.05, 0) is 35.5 Å². The van der Waals surface area contributed by atoms with Gasteiger partial charge in [0.1, 0.15) is 13.2 Å². The van der Waals surface area contributed by atoms with Crippen molar-refractivity contribution in [3.8, 4) is 11.5 Å². The molecule has 9 heteroatoms. The van der Waals surface area contributed by atoms with Crippen LogP contribution in [0.5, 0.6) is 11.5 Å². The first kappa shape index (κ1) is 20.9. The molecule has 2 saturated heterocycles. The number of carbonyl (C=O) groups excluding carboxylic acids is 3. The Morgan fingerprint density at radius 3 is 2.72 bits per heavy atom. The first-order valence-corrected chi connectivity index (χ1v) is 9.87. The third-order valence-corrected chi connectivity index (χ3v) is 5.28. The lowest BCUT2D eigenvalue weighted by molar-refractivity contribution is -0.139. The molecule has 1 aromatic rings. The van der Waals surface area contributed by atoms with Crippen LogP contribution >= 0.6 is 11.8 Å². The average Bonchev–Trinajstić information content (AvgIpc) is 3.00. The first-order chi connectivity index (χ1) is 14.0. The summed E-state index contributed by atoms with van der Waals surface area (Å²) in [5.41, 5.74) is 0.679. The smallest absolute Gasteiger partial charge is 0.294 e. The maximum Gasteiger partial charge on any atom is 0.294 e. The molecule has 2 heterocycles. The zero-order chi connectivity index (χ0) is 20.8. The molecule has 0 saturated carbocycles. The fourth-order valence-electron chi connectivity index (χ4n) is 2.88. The Morgan fingerprint density at radius 2 is 2.03 bits per heavy atom. The summed E-state index contributed by atoms with van der Waals surface area (Å²) in [6.07, 6.45) is 3.23. The molecular formula is C20H22N2O6S. The second-order valence-corrected chi connectivity index (χ2v) is 7.26. The maximum absolute atomic E-state index is 12.7. The van der Waals surface area contributed by atoms with E-state index in [-0.39, 0.29) is 17.4 Å². The Hall–Kier alpha value is -2.78. The van der Waals surface area contributed by atoms with Crippen molar-refractivity contribution in [2.45, 2.75) is 0 Å². The molecule has 154 valence electrons. The van der Waals surface area contributed by atoms with Crippen LogP contribution < -0.4 is 9.47 Å². The number of ether oxygens (including phenoxy) is 3. The van der Waals surface area contributed by atoms with Crippen molar-refractivity contribution < 1.29 is 28.6 Å². The highest BCUT2D eigenvalue weighted by Crippen LogP contribution is 2.34. The number of nitrogens with zero attached hydrogens (tertiary/aromatic N) is 2. The molecule has 2 aliphatic heterocycles. The van der Waals surface area contributed by atoms with Gasteiger partial charge in [0.25, 0.3) is 11.1 Å². The quantitative estimate of drug-likeness (QED) is 0.495. The minimum absolute atomic E-state index is 0.256. The van der Waals surface area contributed by atoms with Gasteiger partial charge < -0.3 is 19.1 Å². The van der Waals surface area contributed by atoms with E-state index in [0.29, 0.717) is 50.0 Å². The SMILES string of the molecule is C=CCOc1ccc(C=C2SC(=O)N(CC(=O)N3CCOCC3)C2=O)cc1OC. The average molecular weight is 418 g/mol. The summed E-state index contributed by atoms with van der Waals surface area (Å²) in [5, 5.41) is -0.458. The third kappa shape index (κ3) is 4.99. The second kappa shape index (κ2) is 9.62. The van der Waals surface area contributed by atoms with E-state index < -0.39 is 11.1 Å². The molecule has 2 aliphatic rings. The lowest BCUT2D eigenvalue weighted by Crippen LogP contribution is -2.46. The van der Waals surface area contributed by atoms with Gasteiger partial charge in [-0.2, -0.15) is 0 Å². The van der Waals surface area contributed by atoms with Crippen molar-refractivity contribution in [3.05, 3.63) is 41.3 Å². The van der Waals surface area contributed by atoms with E-state index in [0.717, 1.165) is 16.7 Å². The molecule has 0 atom stereocenters. The van der Waals surface area contributed by atoms with Crippen molar-refractivity contribution in [1.29, 1.82) is 0 Å². The number of methoxy groups -OCH3 is 1. The molecule has 0 radical (unpaired) electrons. The number of imide groups is 1. The summed E-state index contributed by atoms with van der Waals surface area (Å²) < 4.78 is 16.0. The minimum Gasteiger partial charge on any atom is -0.493 e. The van der Waals surface area contributed by atoms with E-state index in [1.54, 1.807) is 35.3 Å². The standard InChI is InChI=1S/C20H22N2O6S/c1-3-8-28-15-5-4-14(11-16(15)26-2)12-17-19(24)22(20(25)29-17)13-18(23)21-6-9-27-10-7-21/h3-5,11-12H,1,6-10,13H2,2H3. The number of amides is 3. The summed E-state index contributed by atoms with van der Waals surface area (Å²) in [6, 6.07) is 5.19. The molecule has 1 aromatic carbocycles. The molecule has 3 rings (SSSR count). The summed E-state index contributed by atoms with van der Waals surface area (Å²) >= 11 is 0.815. The Kier molecular flexibility index (Phi) is 6.95. The van der Waals surface area contributed by atoms with Crippen molar-refractivity contribution in [2.75, 3.05) is 46.6 Å². The molecule has 2 fully saturated rings. The third-order valence-electron chi connectivity index (χ3n) is 4.37. The Bertz CT molecular complexity index is 847. The van der Waals surface area contributed by atoms with E-state index in [2.05, 4.69) is 6.58 Å². The highest BCUT2D eigenvalue weighted by molar-refractivity contribution is 8.18. The largest absolute Gasteiger partial charge is 0.493 e. The topological polar surface area (TPSA) is 85.4 Å². The van der Waals surface area contributed by atoms with E-state index in [9.17, 15) is 14.4 Å². The highest BCUT2D eigenvalue weighted by atomic mass is 32.2. The molecule has 0 aliphatic carbocycles. The van der Waals surface area contributed by atoms with Gasteiger partial charge in [0, 0.05) is 13.1 Å². The summed E-state index contributed by atoms with van der Waals surface area (Å²) in [7, 11) is 1.52. The predicted molar refractivity (Wildman–Crippen MR) is 109 cm³/mol. The van der Waals surface area contributed by atoms with Gasteiger partial charge in [-0.25, -0.2) is 0 Å². The molecule has 3 amide bonds. The van der Waals surface area contributed by atoms with Crippen LogP contribution in [0, 0.1) is 0 Å². The van der Waals surface area contributed by atoms with Gasteiger partial charge in [0.2, 0.25) is 5.91 Å². The van der Waals surface area contributed by atoms with E-state index in [4.69, 9.17) is 14.2 Å². The number of carbonyl (C=O) groups is 3. The molecule has 0 bridgehead atoms. The predicted octanol–water partition coefficient (Wildman–Crippen LogP) is 2.16. The molecule has 0 spiro atoms. The van der Waals surface area contributed by atoms with Crippen molar-refractivity contribution in [1.82, 2.24) is 9.80 Å². The van der Waals surface area contributed by atoms with Crippen LogP contribution in [0.4, 0.5) is 4.79 Å². The number of benzene rings is 1. The highest BCUT2D eigenvalue weighted by Gasteiger charge is 2.37. The van der Waals surface area contributed by atoms with Gasteiger partial charge >= 0.3 is 0 Å². The minimum atomic E-state index is -0.479. The Labute approximate surface area is 173 Å². The van der Waals surface area contributed by atoms with Gasteiger partial charge in [-0.15, -0.1) is 0 Å². The molecule has 8 nitrogen and oxygen atoms in total. The Morgan fingerprint density at radius 1 is 1.28 bits per heavy atom. The number of hydrogen-bond acceptors (Lipinski definition) is 7. The molecule has 0 aromatic heterocycles. The van der Waals surface area contributed by atoms with Gasteiger partial charge in [0.15, 0.2) is 11.5 Å². The molecule has 0 N–H and O–H groups in total. The first-order valence-electron chi connectivity index (χ1n) is 9.06. The van der Waals surface area contributed by atoms with E-state index >= 15 is 0 Å². The van der Waals surface area contributed by atoms with Crippen LogP contribution in [-0.4, -0.2) is 73.4 Å². The second-order valence-electron chi connectivity index (χ2n) is 6.27. The fourth-order valence-corrected chi connectivity index (χ4v) is 3.72. The molecule has 0 unspecified atom stereocenters. The van der Waals surface area contributed by atoms with Crippen LogP contribution in [0.3, 0.4) is 0 Å². The summed E-state index contributed by atoms with van der Waals surface area (Å²) in [5.74, 6) is 0.311. The van der Waals surface area contributed by atoms with Crippen molar-refractivity contribution >= 4 is 34.9 Å². The van der Waals surface area contributed by atoms with Gasteiger partial charge in [-0.1, -0.05) is 18.7 Å². The zero-order valence-corrected chi connectivity index (χ0v) is 16.9. The van der Waals surface area contributed by atoms with Crippen LogP contribution in [0.25, 0.3) is 6.08 Å². The normalized spacial score (nSPS) is 18.3. The van der Waals surface area contributed by atoms with Crippen LogP contribution in [0.2, 0.25) is 0 Å². The lowest BCUT2D eigenvalue weighted by atomic mass is 10.2. The number of morpholine rings is 1. The summed E-state index contributed by atoms with van der Waals surface area (Å²) in [4.78, 5) is 40.1. The number of rotatable bonds is 7. The van der Waals surface area contributed by atoms with Gasteiger partial charge in [-0.3, -0.25) is 19.3 Å². The van der Waals surface area contributed by atoms with Crippen molar-refractivity contribution in [2.24, 2.45) is 0 Å². The zero-order valence-electron chi connectivity index (χ0n) is 16.1. The van der Waals surface area contributed by atoms with Crippen molar-refractivity contribution in [3.63, 3.8) is 0 Å². The van der Waals surface area contributed by atoms with Crippen LogP contribution in [-0.2, 0) is 14.3 Å². The Balaban J connectivity index is 1.72. The number of hydrogen-bond donors (Lipinski definition) is 0.